The van der Waals surface area contributed by atoms with Crippen LogP contribution in [0.4, 0.5) is 5.82 Å². The van der Waals surface area contributed by atoms with Crippen LogP contribution in [0.25, 0.3) is 0 Å². The highest BCUT2D eigenvalue weighted by atomic mass is 16.1. The standard InChI is InChI=1S/C14H16N4O/c1-10-3-5-11(6-4-10)7-18-14(19)12-8-17-13(15-2)9-16-12/h3-6,8-9H,7H2,1-2H3,(H,15,17)(H,18,19). The van der Waals surface area contributed by atoms with Crippen LogP contribution >= 0.6 is 0 Å². The van der Waals surface area contributed by atoms with Gasteiger partial charge in [0.2, 0.25) is 0 Å². The second kappa shape index (κ2) is 5.95. The predicted molar refractivity (Wildman–Crippen MR) is 73.9 cm³/mol. The number of benzene rings is 1. The fourth-order valence-corrected chi connectivity index (χ4v) is 1.55. The number of anilines is 1. The molecule has 1 amide bonds. The smallest absolute Gasteiger partial charge is 0.271 e. The zero-order valence-corrected chi connectivity index (χ0v) is 11.0. The minimum atomic E-state index is -0.226. The molecule has 98 valence electrons. The topological polar surface area (TPSA) is 66.9 Å². The molecular formula is C14H16N4O. The van der Waals surface area contributed by atoms with Gasteiger partial charge in [-0.25, -0.2) is 9.97 Å². The fourth-order valence-electron chi connectivity index (χ4n) is 1.55. The van der Waals surface area contributed by atoms with Crippen LogP contribution in [0.5, 0.6) is 0 Å². The molecule has 1 heterocycles. The Balaban J connectivity index is 1.95. The molecule has 2 rings (SSSR count). The summed E-state index contributed by atoms with van der Waals surface area (Å²) in [6.07, 6.45) is 2.98. The Morgan fingerprint density at radius 2 is 1.89 bits per heavy atom. The number of hydrogen-bond acceptors (Lipinski definition) is 4. The van der Waals surface area contributed by atoms with Crippen LogP contribution < -0.4 is 10.6 Å². The van der Waals surface area contributed by atoms with Gasteiger partial charge in [-0.05, 0) is 12.5 Å². The van der Waals surface area contributed by atoms with Crippen molar-refractivity contribution in [2.75, 3.05) is 12.4 Å². The van der Waals surface area contributed by atoms with Crippen LogP contribution in [0.2, 0.25) is 0 Å². The van der Waals surface area contributed by atoms with Gasteiger partial charge in [-0.3, -0.25) is 4.79 Å². The molecule has 19 heavy (non-hydrogen) atoms. The van der Waals surface area contributed by atoms with Crippen LogP contribution in [0, 0.1) is 6.92 Å². The van der Waals surface area contributed by atoms with Gasteiger partial charge in [-0.15, -0.1) is 0 Å². The number of hydrogen-bond donors (Lipinski definition) is 2. The van der Waals surface area contributed by atoms with Crippen molar-refractivity contribution in [2.24, 2.45) is 0 Å². The quantitative estimate of drug-likeness (QED) is 0.874. The van der Waals surface area contributed by atoms with Gasteiger partial charge in [0, 0.05) is 13.6 Å². The molecule has 0 aliphatic rings. The zero-order chi connectivity index (χ0) is 13.7. The first kappa shape index (κ1) is 13.0. The molecule has 0 radical (unpaired) electrons. The molecule has 0 aliphatic carbocycles. The first-order valence-corrected chi connectivity index (χ1v) is 6.02. The molecule has 5 nitrogen and oxygen atoms in total. The van der Waals surface area contributed by atoms with E-state index in [4.69, 9.17) is 0 Å². The summed E-state index contributed by atoms with van der Waals surface area (Å²) in [6, 6.07) is 8.02. The highest BCUT2D eigenvalue weighted by Crippen LogP contribution is 2.04. The Bertz CT molecular complexity index is 549. The average Bonchev–Trinajstić information content (AvgIpc) is 2.46. The first-order valence-electron chi connectivity index (χ1n) is 6.02. The molecule has 0 fully saturated rings. The largest absolute Gasteiger partial charge is 0.372 e. The van der Waals surface area contributed by atoms with Crippen LogP contribution in [-0.4, -0.2) is 22.9 Å². The third-order valence-corrected chi connectivity index (χ3v) is 2.71. The van der Waals surface area contributed by atoms with E-state index in [0.717, 1.165) is 5.56 Å². The molecule has 2 N–H and O–H groups in total. The lowest BCUT2D eigenvalue weighted by molar-refractivity contribution is 0.0945. The number of aromatic nitrogens is 2. The minimum Gasteiger partial charge on any atom is -0.372 e. The Labute approximate surface area is 112 Å². The van der Waals surface area contributed by atoms with Crippen molar-refractivity contribution in [1.82, 2.24) is 15.3 Å². The van der Waals surface area contributed by atoms with E-state index < -0.39 is 0 Å². The second-order valence-corrected chi connectivity index (χ2v) is 4.21. The maximum atomic E-state index is 11.9. The zero-order valence-electron chi connectivity index (χ0n) is 11.0. The molecule has 0 saturated heterocycles. The summed E-state index contributed by atoms with van der Waals surface area (Å²) in [7, 11) is 1.75. The van der Waals surface area contributed by atoms with E-state index in [2.05, 4.69) is 20.6 Å². The van der Waals surface area contributed by atoms with Gasteiger partial charge in [0.25, 0.3) is 5.91 Å². The van der Waals surface area contributed by atoms with E-state index >= 15 is 0 Å². The number of amides is 1. The molecule has 1 aromatic carbocycles. The van der Waals surface area contributed by atoms with Crippen LogP contribution in [0.1, 0.15) is 21.6 Å². The van der Waals surface area contributed by atoms with E-state index in [0.29, 0.717) is 18.1 Å². The van der Waals surface area contributed by atoms with Crippen molar-refractivity contribution in [3.63, 3.8) is 0 Å². The SMILES string of the molecule is CNc1cnc(C(=O)NCc2ccc(C)cc2)cn1. The second-order valence-electron chi connectivity index (χ2n) is 4.21. The maximum Gasteiger partial charge on any atom is 0.271 e. The average molecular weight is 256 g/mol. The van der Waals surface area contributed by atoms with Crippen LogP contribution in [0.15, 0.2) is 36.7 Å². The Morgan fingerprint density at radius 3 is 2.47 bits per heavy atom. The lowest BCUT2D eigenvalue weighted by atomic mass is 10.1. The van der Waals surface area contributed by atoms with Gasteiger partial charge in [-0.1, -0.05) is 29.8 Å². The van der Waals surface area contributed by atoms with Crippen molar-refractivity contribution in [3.05, 3.63) is 53.5 Å². The number of nitrogens with zero attached hydrogens (tertiary/aromatic N) is 2. The monoisotopic (exact) mass is 256 g/mol. The summed E-state index contributed by atoms with van der Waals surface area (Å²) < 4.78 is 0. The number of rotatable bonds is 4. The van der Waals surface area contributed by atoms with Gasteiger partial charge < -0.3 is 10.6 Å². The van der Waals surface area contributed by atoms with Crippen LogP contribution in [0.3, 0.4) is 0 Å². The minimum absolute atomic E-state index is 0.226. The van der Waals surface area contributed by atoms with Gasteiger partial charge in [0.15, 0.2) is 0 Å². The summed E-state index contributed by atoms with van der Waals surface area (Å²) in [4.78, 5) is 19.9. The fraction of sp³-hybridized carbons (Fsp3) is 0.214. The molecule has 0 bridgehead atoms. The van der Waals surface area contributed by atoms with Gasteiger partial charge in [0.1, 0.15) is 11.5 Å². The van der Waals surface area contributed by atoms with E-state index in [1.165, 1.54) is 18.0 Å². The summed E-state index contributed by atoms with van der Waals surface area (Å²) in [5.41, 5.74) is 2.56. The lowest BCUT2D eigenvalue weighted by Crippen LogP contribution is -2.24. The maximum absolute atomic E-state index is 11.9. The Hall–Kier alpha value is -2.43. The van der Waals surface area contributed by atoms with E-state index in [-0.39, 0.29) is 5.91 Å². The number of carbonyl (C=O) groups excluding carboxylic acids is 1. The molecule has 5 heteroatoms. The van der Waals surface area contributed by atoms with Crippen LogP contribution in [-0.2, 0) is 6.54 Å². The first-order chi connectivity index (χ1) is 9.19. The predicted octanol–water partition coefficient (Wildman–Crippen LogP) is 1.76. The lowest BCUT2D eigenvalue weighted by Gasteiger charge is -2.05. The highest BCUT2D eigenvalue weighted by molar-refractivity contribution is 5.91. The normalized spacial score (nSPS) is 10.0. The summed E-state index contributed by atoms with van der Waals surface area (Å²) >= 11 is 0. The van der Waals surface area contributed by atoms with Gasteiger partial charge in [-0.2, -0.15) is 0 Å². The van der Waals surface area contributed by atoms with Crippen molar-refractivity contribution in [3.8, 4) is 0 Å². The molecular weight excluding hydrogens is 240 g/mol. The summed E-state index contributed by atoms with van der Waals surface area (Å²) in [5, 5.41) is 5.66. The summed E-state index contributed by atoms with van der Waals surface area (Å²) in [6.45, 7) is 2.51. The molecule has 0 saturated carbocycles. The summed E-state index contributed by atoms with van der Waals surface area (Å²) in [5.74, 6) is 0.408. The van der Waals surface area contributed by atoms with E-state index in [9.17, 15) is 4.79 Å². The van der Waals surface area contributed by atoms with Crippen molar-refractivity contribution >= 4 is 11.7 Å². The number of aryl methyl sites for hydroxylation is 1. The molecule has 1 aromatic heterocycles. The molecule has 0 spiro atoms. The highest BCUT2D eigenvalue weighted by Gasteiger charge is 2.07. The number of carbonyl (C=O) groups is 1. The molecule has 0 aliphatic heterocycles. The van der Waals surface area contributed by atoms with E-state index in [1.54, 1.807) is 7.05 Å². The van der Waals surface area contributed by atoms with Gasteiger partial charge in [0.05, 0.1) is 12.4 Å². The molecule has 0 atom stereocenters. The van der Waals surface area contributed by atoms with Crippen molar-refractivity contribution in [2.45, 2.75) is 13.5 Å². The van der Waals surface area contributed by atoms with E-state index in [1.807, 2.05) is 31.2 Å². The molecule has 2 aromatic rings. The third kappa shape index (κ3) is 3.51. The van der Waals surface area contributed by atoms with Crippen molar-refractivity contribution in [1.29, 1.82) is 0 Å². The number of nitrogens with one attached hydrogen (secondary N) is 2. The molecule has 0 unspecified atom stereocenters. The Morgan fingerprint density at radius 1 is 1.16 bits per heavy atom. The van der Waals surface area contributed by atoms with Crippen molar-refractivity contribution < 1.29 is 4.79 Å². The third-order valence-electron chi connectivity index (χ3n) is 2.71. The Kier molecular flexibility index (Phi) is 4.07. The van der Waals surface area contributed by atoms with Gasteiger partial charge >= 0.3 is 0 Å².